The van der Waals surface area contributed by atoms with Gasteiger partial charge >= 0.3 is 0 Å². The molecule has 9 heteroatoms. The lowest BCUT2D eigenvalue weighted by Gasteiger charge is -2.12. The number of nitrogens with one attached hydrogen (secondary N) is 2. The van der Waals surface area contributed by atoms with Gasteiger partial charge < -0.3 is 14.8 Å². The molecule has 0 spiro atoms. The van der Waals surface area contributed by atoms with Crippen molar-refractivity contribution in [3.63, 3.8) is 0 Å². The molecule has 1 heterocycles. The van der Waals surface area contributed by atoms with Gasteiger partial charge in [0.05, 0.1) is 28.4 Å². The fourth-order valence-corrected chi connectivity index (χ4v) is 3.79. The van der Waals surface area contributed by atoms with Crippen LogP contribution in [0.2, 0.25) is 5.02 Å². The van der Waals surface area contributed by atoms with Gasteiger partial charge in [-0.3, -0.25) is 9.52 Å². The van der Waals surface area contributed by atoms with Gasteiger partial charge in [-0.25, -0.2) is 8.42 Å². The van der Waals surface area contributed by atoms with Gasteiger partial charge in [0.2, 0.25) is 0 Å². The molecule has 1 unspecified atom stereocenters. The molecule has 0 aliphatic heterocycles. The molecular formula is C19H17ClN2O5S. The van der Waals surface area contributed by atoms with Crippen LogP contribution in [0.1, 0.15) is 22.2 Å². The molecule has 1 atom stereocenters. The number of aliphatic hydroxyl groups excluding tert-OH is 1. The number of halogens is 1. The molecular weight excluding hydrogens is 404 g/mol. The molecule has 2 aromatic carbocycles. The van der Waals surface area contributed by atoms with Gasteiger partial charge in [-0.2, -0.15) is 0 Å². The van der Waals surface area contributed by atoms with E-state index in [-0.39, 0.29) is 27.7 Å². The van der Waals surface area contributed by atoms with Gasteiger partial charge in [0.25, 0.3) is 15.9 Å². The number of carbonyl (C=O) groups is 1. The van der Waals surface area contributed by atoms with Crippen molar-refractivity contribution in [1.82, 2.24) is 5.32 Å². The molecule has 0 saturated heterocycles. The van der Waals surface area contributed by atoms with E-state index in [0.717, 1.165) is 0 Å². The Balaban J connectivity index is 1.72. The first-order valence-electron chi connectivity index (χ1n) is 8.24. The van der Waals surface area contributed by atoms with Crippen LogP contribution >= 0.6 is 11.6 Å². The number of furan rings is 1. The van der Waals surface area contributed by atoms with E-state index in [9.17, 15) is 18.3 Å². The van der Waals surface area contributed by atoms with E-state index >= 15 is 0 Å². The van der Waals surface area contributed by atoms with Crippen molar-refractivity contribution in [3.05, 3.63) is 83.3 Å². The van der Waals surface area contributed by atoms with Crippen LogP contribution in [0.4, 0.5) is 5.69 Å². The van der Waals surface area contributed by atoms with E-state index < -0.39 is 22.0 Å². The Labute approximate surface area is 167 Å². The first kappa shape index (κ1) is 19.9. The fraction of sp³-hybridized carbons (Fsp3) is 0.105. The number of rotatable bonds is 7. The largest absolute Gasteiger partial charge is 0.467 e. The molecule has 0 bridgehead atoms. The van der Waals surface area contributed by atoms with Crippen LogP contribution in [-0.2, 0) is 10.0 Å². The molecule has 0 radical (unpaired) electrons. The predicted molar refractivity (Wildman–Crippen MR) is 105 cm³/mol. The molecule has 28 heavy (non-hydrogen) atoms. The van der Waals surface area contributed by atoms with Crippen molar-refractivity contribution in [2.75, 3.05) is 11.3 Å². The molecule has 1 amide bonds. The van der Waals surface area contributed by atoms with E-state index in [1.54, 1.807) is 30.3 Å². The van der Waals surface area contributed by atoms with Gasteiger partial charge in [-0.05, 0) is 42.5 Å². The van der Waals surface area contributed by atoms with Crippen LogP contribution in [0.3, 0.4) is 0 Å². The standard InChI is InChI=1S/C19H17ClN2O5S/c20-15-7-1-2-8-16(15)22-28(25,26)14-6-3-5-13(11-14)19(24)21-12-17(23)18-9-4-10-27-18/h1-11,17,22-23H,12H2,(H,21,24). The number of anilines is 1. The van der Waals surface area contributed by atoms with Crippen LogP contribution in [0.5, 0.6) is 0 Å². The van der Waals surface area contributed by atoms with Crippen molar-refractivity contribution >= 4 is 33.2 Å². The van der Waals surface area contributed by atoms with E-state index in [4.69, 9.17) is 16.0 Å². The highest BCUT2D eigenvalue weighted by molar-refractivity contribution is 7.92. The number of benzene rings is 2. The highest BCUT2D eigenvalue weighted by Crippen LogP contribution is 2.24. The van der Waals surface area contributed by atoms with Crippen LogP contribution in [0.25, 0.3) is 0 Å². The summed E-state index contributed by atoms with van der Waals surface area (Å²) in [5.74, 6) is -0.207. The monoisotopic (exact) mass is 420 g/mol. The maximum absolute atomic E-state index is 12.6. The first-order chi connectivity index (χ1) is 13.4. The van der Waals surface area contributed by atoms with Gasteiger partial charge in [0.15, 0.2) is 0 Å². The number of hydrogen-bond donors (Lipinski definition) is 3. The average molecular weight is 421 g/mol. The highest BCUT2D eigenvalue weighted by atomic mass is 35.5. The normalized spacial score (nSPS) is 12.4. The molecule has 3 N–H and O–H groups in total. The second-order valence-corrected chi connectivity index (χ2v) is 7.94. The van der Waals surface area contributed by atoms with Gasteiger partial charge in [-0.1, -0.05) is 29.8 Å². The van der Waals surface area contributed by atoms with Crippen molar-refractivity contribution in [1.29, 1.82) is 0 Å². The third-order valence-electron chi connectivity index (χ3n) is 3.85. The fourth-order valence-electron chi connectivity index (χ4n) is 2.43. The van der Waals surface area contributed by atoms with Gasteiger partial charge in [0.1, 0.15) is 11.9 Å². The second-order valence-electron chi connectivity index (χ2n) is 5.85. The number of aliphatic hydroxyl groups is 1. The zero-order chi connectivity index (χ0) is 20.1. The Hall–Kier alpha value is -2.81. The van der Waals surface area contributed by atoms with Crippen molar-refractivity contribution in [3.8, 4) is 0 Å². The Kier molecular flexibility index (Phi) is 6.03. The minimum absolute atomic E-state index is 0.0821. The average Bonchev–Trinajstić information content (AvgIpc) is 3.22. The number of hydrogen-bond acceptors (Lipinski definition) is 5. The van der Waals surface area contributed by atoms with Crippen LogP contribution < -0.4 is 10.0 Å². The number of amides is 1. The molecule has 0 aliphatic rings. The van der Waals surface area contributed by atoms with Gasteiger partial charge in [-0.15, -0.1) is 0 Å². The minimum Gasteiger partial charge on any atom is -0.467 e. The maximum atomic E-state index is 12.6. The predicted octanol–water partition coefficient (Wildman–Crippen LogP) is 3.20. The lowest BCUT2D eigenvalue weighted by molar-refractivity contribution is 0.0901. The lowest BCUT2D eigenvalue weighted by Crippen LogP contribution is -2.28. The summed E-state index contributed by atoms with van der Waals surface area (Å²) in [5.41, 5.74) is 0.370. The Morgan fingerprint density at radius 2 is 1.89 bits per heavy atom. The summed E-state index contributed by atoms with van der Waals surface area (Å²) in [5, 5.41) is 12.7. The highest BCUT2D eigenvalue weighted by Gasteiger charge is 2.18. The third-order valence-corrected chi connectivity index (χ3v) is 5.55. The molecule has 3 rings (SSSR count). The third kappa shape index (κ3) is 4.72. The van der Waals surface area contributed by atoms with Crippen LogP contribution in [-0.4, -0.2) is 26.0 Å². The molecule has 146 valence electrons. The number of para-hydroxylation sites is 1. The number of sulfonamides is 1. The zero-order valence-electron chi connectivity index (χ0n) is 14.5. The summed E-state index contributed by atoms with van der Waals surface area (Å²) in [6.45, 7) is -0.0821. The molecule has 3 aromatic rings. The molecule has 1 aromatic heterocycles. The molecule has 0 saturated carbocycles. The lowest BCUT2D eigenvalue weighted by atomic mass is 10.2. The molecule has 7 nitrogen and oxygen atoms in total. The minimum atomic E-state index is -3.94. The molecule has 0 fully saturated rings. The second kappa shape index (κ2) is 8.47. The topological polar surface area (TPSA) is 109 Å². The smallest absolute Gasteiger partial charge is 0.261 e. The summed E-state index contributed by atoms with van der Waals surface area (Å²) in [4.78, 5) is 12.2. The van der Waals surface area contributed by atoms with Crippen molar-refractivity contribution < 1.29 is 22.7 Å². The Morgan fingerprint density at radius 3 is 2.61 bits per heavy atom. The number of carbonyl (C=O) groups excluding carboxylic acids is 1. The van der Waals surface area contributed by atoms with Crippen LogP contribution in [0.15, 0.2) is 76.2 Å². The quantitative estimate of drug-likeness (QED) is 0.544. The summed E-state index contributed by atoms with van der Waals surface area (Å²) in [6.07, 6.45) is 0.411. The van der Waals surface area contributed by atoms with E-state index in [1.807, 2.05) is 0 Å². The van der Waals surface area contributed by atoms with E-state index in [1.165, 1.54) is 36.6 Å². The Bertz CT molecular complexity index is 1070. The van der Waals surface area contributed by atoms with Crippen molar-refractivity contribution in [2.24, 2.45) is 0 Å². The maximum Gasteiger partial charge on any atom is 0.261 e. The first-order valence-corrected chi connectivity index (χ1v) is 10.1. The summed E-state index contributed by atoms with van der Waals surface area (Å²) >= 11 is 5.99. The SMILES string of the molecule is O=C(NCC(O)c1ccco1)c1cccc(S(=O)(=O)Nc2ccccc2Cl)c1. The van der Waals surface area contributed by atoms with E-state index in [2.05, 4.69) is 10.0 Å². The summed E-state index contributed by atoms with van der Waals surface area (Å²) in [6, 6.07) is 15.2. The summed E-state index contributed by atoms with van der Waals surface area (Å²) < 4.78 is 32.7. The van der Waals surface area contributed by atoms with Crippen molar-refractivity contribution in [2.45, 2.75) is 11.0 Å². The van der Waals surface area contributed by atoms with Gasteiger partial charge in [0, 0.05) is 5.56 Å². The summed E-state index contributed by atoms with van der Waals surface area (Å²) in [7, 11) is -3.94. The Morgan fingerprint density at radius 1 is 1.11 bits per heavy atom. The van der Waals surface area contributed by atoms with Crippen LogP contribution in [0, 0.1) is 0 Å². The zero-order valence-corrected chi connectivity index (χ0v) is 16.1. The van der Waals surface area contributed by atoms with E-state index in [0.29, 0.717) is 5.76 Å². The molecule has 0 aliphatic carbocycles.